The van der Waals surface area contributed by atoms with Crippen molar-refractivity contribution in [3.05, 3.63) is 95.1 Å². The van der Waals surface area contributed by atoms with Crippen molar-refractivity contribution in [2.45, 2.75) is 24.7 Å². The Morgan fingerprint density at radius 2 is 1.86 bits per heavy atom. The normalized spacial score (nSPS) is 18.9. The van der Waals surface area contributed by atoms with Crippen LogP contribution in [0.4, 0.5) is 23.0 Å². The molecule has 9 heteroatoms. The maximum Gasteiger partial charge on any atom is 0.277 e. The van der Waals surface area contributed by atoms with Gasteiger partial charge in [-0.15, -0.1) is 0 Å². The van der Waals surface area contributed by atoms with Crippen LogP contribution in [0.15, 0.2) is 67.1 Å². The highest BCUT2D eigenvalue weighted by atomic mass is 16.3. The molecule has 9 nitrogen and oxygen atoms in total. The molecule has 2 amide bonds. The van der Waals surface area contributed by atoms with E-state index in [0.29, 0.717) is 36.7 Å². The van der Waals surface area contributed by atoms with Gasteiger partial charge in [0.2, 0.25) is 5.91 Å². The summed E-state index contributed by atoms with van der Waals surface area (Å²) < 4.78 is 0. The summed E-state index contributed by atoms with van der Waals surface area (Å²) in [4.78, 5) is 40.7. The Morgan fingerprint density at radius 3 is 2.78 bits per heavy atom. The predicted octanol–water partition coefficient (Wildman–Crippen LogP) is 3.51. The van der Waals surface area contributed by atoms with E-state index in [1.165, 1.54) is 6.33 Å². The van der Waals surface area contributed by atoms with Crippen molar-refractivity contribution in [1.82, 2.24) is 15.0 Å². The average molecular weight is 491 g/mol. The van der Waals surface area contributed by atoms with Gasteiger partial charge >= 0.3 is 0 Å². The number of hydrogen-bond acceptors (Lipinski definition) is 7. The Hall–Kier alpha value is -4.79. The number of carbonyl (C=O) groups excluding carboxylic acids is 2. The van der Waals surface area contributed by atoms with E-state index in [1.54, 1.807) is 29.3 Å². The number of carbonyl (C=O) groups is 2. The van der Waals surface area contributed by atoms with Gasteiger partial charge in [-0.3, -0.25) is 9.59 Å². The quantitative estimate of drug-likeness (QED) is 0.402. The zero-order chi connectivity index (χ0) is 25.1. The highest BCUT2D eigenvalue weighted by molar-refractivity contribution is 6.07. The highest BCUT2D eigenvalue weighted by Gasteiger charge is 2.51. The van der Waals surface area contributed by atoms with Gasteiger partial charge < -0.3 is 20.6 Å². The number of phenolic OH excluding ortho intramolecular Hbond substituents is 1. The molecular formula is C28H22N6O3. The second kappa shape index (κ2) is 7.86. The summed E-state index contributed by atoms with van der Waals surface area (Å²) >= 11 is 0. The van der Waals surface area contributed by atoms with Crippen LogP contribution < -0.4 is 15.5 Å². The fourth-order valence-corrected chi connectivity index (χ4v) is 5.75. The van der Waals surface area contributed by atoms with Crippen molar-refractivity contribution in [2.24, 2.45) is 0 Å². The molecule has 0 fully saturated rings. The second-order valence-corrected chi connectivity index (χ2v) is 9.71. The Morgan fingerprint density at radius 1 is 1.00 bits per heavy atom. The third-order valence-corrected chi connectivity index (χ3v) is 7.55. The van der Waals surface area contributed by atoms with Gasteiger partial charge in [0.1, 0.15) is 29.4 Å². The number of nitrogens with one attached hydrogen (secondary N) is 2. The molecule has 2 aromatic heterocycles. The van der Waals surface area contributed by atoms with Crippen LogP contribution in [-0.2, 0) is 29.5 Å². The molecule has 0 unspecified atom stereocenters. The summed E-state index contributed by atoms with van der Waals surface area (Å²) in [6, 6.07) is 16.6. The summed E-state index contributed by atoms with van der Waals surface area (Å²) in [5.41, 5.74) is 5.35. The van der Waals surface area contributed by atoms with Crippen LogP contribution in [0.1, 0.15) is 32.7 Å². The maximum atomic E-state index is 13.2. The first-order valence-electron chi connectivity index (χ1n) is 12.1. The molecule has 37 heavy (non-hydrogen) atoms. The van der Waals surface area contributed by atoms with Crippen LogP contribution in [-0.4, -0.2) is 38.4 Å². The lowest BCUT2D eigenvalue weighted by atomic mass is 9.79. The molecule has 3 N–H and O–H groups in total. The predicted molar refractivity (Wildman–Crippen MR) is 137 cm³/mol. The molecule has 2 aliphatic heterocycles. The molecule has 1 spiro atoms. The number of fused-ring (bicyclic) bond motifs is 4. The molecule has 7 rings (SSSR count). The Labute approximate surface area is 212 Å². The molecule has 0 saturated heterocycles. The standard InChI is InChI=1S/C28H22N6O3/c35-20-6-4-16-7-9-34(23(16)11-20)26(36)22-12-24(31-15-30-22)32-19-5-3-17-13-28(14-18(17)10-19)21-2-1-8-29-25(21)33-27(28)37/h1-6,8,10-12,15,35H,7,9,13-14H2,(H,29,33,37)(H,30,31,32)/t28-/m0/s1. The number of anilines is 4. The number of rotatable bonds is 3. The first-order valence-corrected chi connectivity index (χ1v) is 12.1. The molecule has 0 radical (unpaired) electrons. The van der Waals surface area contributed by atoms with E-state index in [9.17, 15) is 14.7 Å². The van der Waals surface area contributed by atoms with E-state index in [-0.39, 0.29) is 23.3 Å². The molecule has 1 atom stereocenters. The monoisotopic (exact) mass is 490 g/mol. The molecule has 3 aliphatic rings. The molecule has 0 bridgehead atoms. The zero-order valence-corrected chi connectivity index (χ0v) is 19.7. The van der Waals surface area contributed by atoms with E-state index in [1.807, 2.05) is 36.4 Å². The van der Waals surface area contributed by atoms with Crippen LogP contribution in [0, 0.1) is 0 Å². The van der Waals surface area contributed by atoms with Crippen LogP contribution in [0.3, 0.4) is 0 Å². The number of phenols is 1. The molecule has 4 heterocycles. The largest absolute Gasteiger partial charge is 0.508 e. The maximum absolute atomic E-state index is 13.2. The third-order valence-electron chi connectivity index (χ3n) is 7.55. The van der Waals surface area contributed by atoms with E-state index >= 15 is 0 Å². The molecule has 182 valence electrons. The molecular weight excluding hydrogens is 468 g/mol. The number of amides is 2. The Bertz CT molecular complexity index is 1620. The topological polar surface area (TPSA) is 120 Å². The van der Waals surface area contributed by atoms with E-state index in [4.69, 9.17) is 0 Å². The Kier molecular flexibility index (Phi) is 4.56. The van der Waals surface area contributed by atoms with E-state index in [0.717, 1.165) is 34.4 Å². The minimum absolute atomic E-state index is 0.0114. The molecule has 1 aliphatic carbocycles. The lowest BCUT2D eigenvalue weighted by Crippen LogP contribution is -2.35. The van der Waals surface area contributed by atoms with Crippen molar-refractivity contribution >= 4 is 34.8 Å². The lowest BCUT2D eigenvalue weighted by Gasteiger charge is -2.20. The van der Waals surface area contributed by atoms with Crippen molar-refractivity contribution in [2.75, 3.05) is 22.1 Å². The van der Waals surface area contributed by atoms with Crippen LogP contribution in [0.5, 0.6) is 5.75 Å². The van der Waals surface area contributed by atoms with Gasteiger partial charge in [-0.2, -0.15) is 0 Å². The second-order valence-electron chi connectivity index (χ2n) is 9.71. The fourth-order valence-electron chi connectivity index (χ4n) is 5.75. The lowest BCUT2D eigenvalue weighted by molar-refractivity contribution is -0.120. The summed E-state index contributed by atoms with van der Waals surface area (Å²) in [5.74, 6) is 1.01. The molecule has 0 saturated carbocycles. The Balaban J connectivity index is 1.13. The average Bonchev–Trinajstić information content (AvgIpc) is 3.57. The van der Waals surface area contributed by atoms with Gasteiger partial charge in [0.15, 0.2) is 0 Å². The molecule has 2 aromatic carbocycles. The smallest absolute Gasteiger partial charge is 0.277 e. The van der Waals surface area contributed by atoms with Gasteiger partial charge in [0.25, 0.3) is 5.91 Å². The van der Waals surface area contributed by atoms with Gasteiger partial charge in [-0.1, -0.05) is 18.2 Å². The van der Waals surface area contributed by atoms with Crippen molar-refractivity contribution < 1.29 is 14.7 Å². The van der Waals surface area contributed by atoms with Gasteiger partial charge in [-0.25, -0.2) is 15.0 Å². The fraction of sp³-hybridized carbons (Fsp3) is 0.179. The van der Waals surface area contributed by atoms with Crippen LogP contribution >= 0.6 is 0 Å². The van der Waals surface area contributed by atoms with Gasteiger partial charge in [-0.05, 0) is 60.2 Å². The minimum Gasteiger partial charge on any atom is -0.508 e. The summed E-state index contributed by atoms with van der Waals surface area (Å²) in [6.45, 7) is 0.531. The zero-order valence-electron chi connectivity index (χ0n) is 19.7. The number of hydrogen-bond donors (Lipinski definition) is 3. The summed E-state index contributed by atoms with van der Waals surface area (Å²) in [7, 11) is 0. The van der Waals surface area contributed by atoms with Crippen molar-refractivity contribution in [3.63, 3.8) is 0 Å². The number of nitrogens with zero attached hydrogens (tertiary/aromatic N) is 4. The number of aromatic hydroxyl groups is 1. The first-order chi connectivity index (χ1) is 18.0. The van der Waals surface area contributed by atoms with Crippen molar-refractivity contribution in [1.29, 1.82) is 0 Å². The number of pyridine rings is 1. The first kappa shape index (κ1) is 21.5. The summed E-state index contributed by atoms with van der Waals surface area (Å²) in [5, 5.41) is 16.1. The van der Waals surface area contributed by atoms with Crippen LogP contribution in [0.25, 0.3) is 0 Å². The third kappa shape index (κ3) is 3.35. The van der Waals surface area contributed by atoms with E-state index < -0.39 is 5.41 Å². The number of benzene rings is 2. The van der Waals surface area contributed by atoms with Gasteiger partial charge in [0, 0.05) is 36.1 Å². The molecule has 4 aromatic rings. The SMILES string of the molecule is O=C(c1cc(Nc2ccc3c(c2)C[C@]2(C3)C(=O)Nc3ncccc32)ncn1)N1CCc2ccc(O)cc21. The summed E-state index contributed by atoms with van der Waals surface area (Å²) in [6.07, 6.45) is 5.01. The highest BCUT2D eigenvalue weighted by Crippen LogP contribution is 2.47. The van der Waals surface area contributed by atoms with Crippen LogP contribution in [0.2, 0.25) is 0 Å². The number of aromatic nitrogens is 3. The minimum atomic E-state index is -0.625. The van der Waals surface area contributed by atoms with Crippen molar-refractivity contribution in [3.8, 4) is 5.75 Å². The van der Waals surface area contributed by atoms with E-state index in [2.05, 4.69) is 25.6 Å². The van der Waals surface area contributed by atoms with Gasteiger partial charge in [0.05, 0.1) is 11.1 Å².